The molecule has 1 aromatic rings. The van der Waals surface area contributed by atoms with E-state index in [0.717, 1.165) is 5.56 Å². The standard InChI is InChI=1S/C15H20N2O4S/c1-12(18)16-11-15(19)17-8-7-14(22(20,21)10-9-17)13-5-3-2-4-6-13/h2-6,14H,7-11H2,1H3,(H,16,18)/t14-/m1/s1. The molecule has 1 fully saturated rings. The van der Waals surface area contributed by atoms with Crippen LogP contribution >= 0.6 is 0 Å². The maximum atomic E-state index is 12.4. The smallest absolute Gasteiger partial charge is 0.241 e. The minimum Gasteiger partial charge on any atom is -0.347 e. The van der Waals surface area contributed by atoms with Gasteiger partial charge < -0.3 is 10.2 Å². The Balaban J connectivity index is 2.10. The summed E-state index contributed by atoms with van der Waals surface area (Å²) in [6.07, 6.45) is 0.373. The number of carbonyl (C=O) groups is 2. The van der Waals surface area contributed by atoms with E-state index in [0.29, 0.717) is 13.0 Å². The number of rotatable bonds is 3. The van der Waals surface area contributed by atoms with Gasteiger partial charge in [0, 0.05) is 20.0 Å². The zero-order valence-electron chi connectivity index (χ0n) is 12.5. The SMILES string of the molecule is CC(=O)NCC(=O)N1CC[C@H](c2ccccc2)S(=O)(=O)CC1. The molecule has 120 valence electrons. The Morgan fingerprint density at radius 2 is 1.91 bits per heavy atom. The first-order chi connectivity index (χ1) is 10.4. The summed E-state index contributed by atoms with van der Waals surface area (Å²) in [5.74, 6) is -0.588. The number of sulfone groups is 1. The van der Waals surface area contributed by atoms with E-state index in [2.05, 4.69) is 5.32 Å². The third-order valence-corrected chi connectivity index (χ3v) is 5.88. The van der Waals surface area contributed by atoms with Crippen molar-refractivity contribution < 1.29 is 18.0 Å². The summed E-state index contributed by atoms with van der Waals surface area (Å²) < 4.78 is 24.9. The molecule has 1 aliphatic rings. The van der Waals surface area contributed by atoms with Crippen molar-refractivity contribution in [2.75, 3.05) is 25.4 Å². The van der Waals surface area contributed by atoms with E-state index in [-0.39, 0.29) is 30.7 Å². The van der Waals surface area contributed by atoms with E-state index < -0.39 is 15.1 Å². The van der Waals surface area contributed by atoms with Crippen LogP contribution in [-0.4, -0.2) is 50.5 Å². The van der Waals surface area contributed by atoms with Crippen molar-refractivity contribution in [3.8, 4) is 0 Å². The Labute approximate surface area is 130 Å². The number of nitrogens with zero attached hydrogens (tertiary/aromatic N) is 1. The van der Waals surface area contributed by atoms with E-state index in [1.165, 1.54) is 11.8 Å². The number of hydrogen-bond acceptors (Lipinski definition) is 4. The zero-order valence-corrected chi connectivity index (χ0v) is 13.3. The van der Waals surface area contributed by atoms with Crippen LogP contribution in [0.2, 0.25) is 0 Å². The number of amides is 2. The van der Waals surface area contributed by atoms with Crippen molar-refractivity contribution in [1.29, 1.82) is 0 Å². The van der Waals surface area contributed by atoms with Crippen LogP contribution in [0.3, 0.4) is 0 Å². The van der Waals surface area contributed by atoms with Gasteiger partial charge in [-0.25, -0.2) is 8.42 Å². The molecule has 0 radical (unpaired) electrons. The van der Waals surface area contributed by atoms with Gasteiger partial charge in [0.2, 0.25) is 11.8 Å². The molecule has 2 rings (SSSR count). The molecule has 22 heavy (non-hydrogen) atoms. The molecule has 7 heteroatoms. The molecular formula is C15H20N2O4S. The average molecular weight is 324 g/mol. The molecule has 1 aromatic carbocycles. The highest BCUT2D eigenvalue weighted by Gasteiger charge is 2.32. The Hall–Kier alpha value is -1.89. The lowest BCUT2D eigenvalue weighted by Gasteiger charge is -2.20. The second-order valence-electron chi connectivity index (χ2n) is 5.35. The first-order valence-electron chi connectivity index (χ1n) is 7.19. The maximum absolute atomic E-state index is 12.4. The third-order valence-electron chi connectivity index (χ3n) is 3.75. The van der Waals surface area contributed by atoms with Gasteiger partial charge in [-0.2, -0.15) is 0 Å². The summed E-state index contributed by atoms with van der Waals surface area (Å²) in [5.41, 5.74) is 0.763. The summed E-state index contributed by atoms with van der Waals surface area (Å²) in [6, 6.07) is 9.08. The molecule has 1 aliphatic heterocycles. The first kappa shape index (κ1) is 16.5. The molecule has 1 heterocycles. The van der Waals surface area contributed by atoms with Gasteiger partial charge in [-0.15, -0.1) is 0 Å². The van der Waals surface area contributed by atoms with Crippen LogP contribution in [0, 0.1) is 0 Å². The molecule has 0 aromatic heterocycles. The van der Waals surface area contributed by atoms with E-state index in [1.807, 2.05) is 18.2 Å². The summed E-state index contributed by atoms with van der Waals surface area (Å²) in [5, 5.41) is 1.87. The molecule has 0 saturated carbocycles. The number of hydrogen-bond donors (Lipinski definition) is 1. The molecule has 6 nitrogen and oxygen atoms in total. The second-order valence-corrected chi connectivity index (χ2v) is 7.65. The normalized spacial score (nSPS) is 21.0. The van der Waals surface area contributed by atoms with Crippen LogP contribution in [0.1, 0.15) is 24.2 Å². The van der Waals surface area contributed by atoms with Crippen LogP contribution in [0.15, 0.2) is 30.3 Å². The lowest BCUT2D eigenvalue weighted by molar-refractivity contribution is -0.132. The maximum Gasteiger partial charge on any atom is 0.241 e. The summed E-state index contributed by atoms with van der Waals surface area (Å²) in [4.78, 5) is 24.4. The topological polar surface area (TPSA) is 83.6 Å². The molecule has 1 N–H and O–H groups in total. The van der Waals surface area contributed by atoms with Gasteiger partial charge in [-0.3, -0.25) is 9.59 Å². The minimum absolute atomic E-state index is 0.0572. The lowest BCUT2D eigenvalue weighted by atomic mass is 10.1. The van der Waals surface area contributed by atoms with Crippen molar-refractivity contribution in [3.63, 3.8) is 0 Å². The number of carbonyl (C=O) groups excluding carboxylic acids is 2. The zero-order chi connectivity index (χ0) is 16.2. The summed E-state index contributed by atoms with van der Waals surface area (Å²) >= 11 is 0. The highest BCUT2D eigenvalue weighted by atomic mass is 32.2. The number of nitrogens with one attached hydrogen (secondary N) is 1. The monoisotopic (exact) mass is 324 g/mol. The van der Waals surface area contributed by atoms with Crippen LogP contribution in [0.4, 0.5) is 0 Å². The highest BCUT2D eigenvalue weighted by molar-refractivity contribution is 7.91. The Kier molecular flexibility index (Phi) is 5.18. The van der Waals surface area contributed by atoms with Gasteiger partial charge in [0.15, 0.2) is 9.84 Å². The average Bonchev–Trinajstić information content (AvgIpc) is 2.64. The van der Waals surface area contributed by atoms with Crippen molar-refractivity contribution in [2.45, 2.75) is 18.6 Å². The van der Waals surface area contributed by atoms with Crippen LogP contribution in [-0.2, 0) is 19.4 Å². The van der Waals surface area contributed by atoms with Gasteiger partial charge in [0.05, 0.1) is 17.5 Å². The Morgan fingerprint density at radius 3 is 2.55 bits per heavy atom. The molecule has 2 amide bonds. The van der Waals surface area contributed by atoms with Crippen molar-refractivity contribution in [3.05, 3.63) is 35.9 Å². The summed E-state index contributed by atoms with van der Waals surface area (Å²) in [7, 11) is -3.29. The van der Waals surface area contributed by atoms with Gasteiger partial charge in [0.1, 0.15) is 0 Å². The second kappa shape index (κ2) is 6.91. The van der Waals surface area contributed by atoms with Gasteiger partial charge in [-0.1, -0.05) is 30.3 Å². The van der Waals surface area contributed by atoms with Crippen molar-refractivity contribution in [2.24, 2.45) is 0 Å². The van der Waals surface area contributed by atoms with Crippen LogP contribution in [0.5, 0.6) is 0 Å². The minimum atomic E-state index is -3.29. The molecule has 1 atom stereocenters. The predicted octanol–water partition coefficient (Wildman–Crippen LogP) is 0.511. The third kappa shape index (κ3) is 4.07. The fraction of sp³-hybridized carbons (Fsp3) is 0.467. The quantitative estimate of drug-likeness (QED) is 0.878. The van der Waals surface area contributed by atoms with Gasteiger partial charge in [0.25, 0.3) is 0 Å². The predicted molar refractivity (Wildman–Crippen MR) is 82.9 cm³/mol. The van der Waals surface area contributed by atoms with E-state index in [9.17, 15) is 18.0 Å². The number of benzene rings is 1. The largest absolute Gasteiger partial charge is 0.347 e. The van der Waals surface area contributed by atoms with E-state index in [1.54, 1.807) is 12.1 Å². The summed E-state index contributed by atoms with van der Waals surface area (Å²) in [6.45, 7) is 1.79. The van der Waals surface area contributed by atoms with Gasteiger partial charge in [-0.05, 0) is 12.0 Å². The van der Waals surface area contributed by atoms with E-state index >= 15 is 0 Å². The Morgan fingerprint density at radius 1 is 1.23 bits per heavy atom. The fourth-order valence-corrected chi connectivity index (χ4v) is 4.34. The van der Waals surface area contributed by atoms with Crippen LogP contribution in [0.25, 0.3) is 0 Å². The van der Waals surface area contributed by atoms with Gasteiger partial charge >= 0.3 is 0 Å². The van der Waals surface area contributed by atoms with Crippen LogP contribution < -0.4 is 5.32 Å². The molecule has 0 unspecified atom stereocenters. The fourth-order valence-electron chi connectivity index (χ4n) is 2.55. The van der Waals surface area contributed by atoms with Crippen molar-refractivity contribution in [1.82, 2.24) is 10.2 Å². The molecular weight excluding hydrogens is 304 g/mol. The highest BCUT2D eigenvalue weighted by Crippen LogP contribution is 2.29. The lowest BCUT2D eigenvalue weighted by Crippen LogP contribution is -2.40. The molecule has 0 spiro atoms. The first-order valence-corrected chi connectivity index (χ1v) is 8.90. The van der Waals surface area contributed by atoms with Crippen molar-refractivity contribution >= 4 is 21.7 Å². The molecule has 0 bridgehead atoms. The molecule has 1 saturated heterocycles. The Bertz CT molecular complexity index is 643. The molecule has 0 aliphatic carbocycles. The van der Waals surface area contributed by atoms with E-state index in [4.69, 9.17) is 0 Å².